The number of aromatic hydroxyl groups is 1. The number of halogens is 7. The van der Waals surface area contributed by atoms with E-state index in [9.17, 15) is 37.5 Å². The van der Waals surface area contributed by atoms with Crippen molar-refractivity contribution in [1.82, 2.24) is 4.90 Å². The fraction of sp³-hybridized carbons (Fsp3) is 0.357. The molecular formula is C28H19Br2Cl2F3N2O6. The number of imide groups is 2. The van der Waals surface area contributed by atoms with E-state index in [0.29, 0.717) is 11.3 Å². The minimum atomic E-state index is -5.07. The van der Waals surface area contributed by atoms with Gasteiger partial charge in [-0.2, -0.15) is 0 Å². The first-order valence-corrected chi connectivity index (χ1v) is 15.5. The Labute approximate surface area is 269 Å². The number of hydrogen-bond acceptors (Lipinski definition) is 6. The van der Waals surface area contributed by atoms with Crippen LogP contribution in [-0.2, 0) is 19.2 Å². The number of nitrogens with zero attached hydrogens (tertiary/aromatic N) is 2. The fourth-order valence-corrected chi connectivity index (χ4v) is 8.59. The number of phenolic OH excluding ortho intramolecular Hbond substituents is 1. The number of alkyl halides is 6. The molecule has 4 amide bonds. The summed E-state index contributed by atoms with van der Waals surface area (Å²) >= 11 is 20.6. The molecule has 8 nitrogen and oxygen atoms in total. The number of rotatable bonds is 4. The van der Waals surface area contributed by atoms with E-state index in [0.717, 1.165) is 32.5 Å². The van der Waals surface area contributed by atoms with Gasteiger partial charge in [-0.15, -0.1) is 36.4 Å². The van der Waals surface area contributed by atoms with Gasteiger partial charge in [-0.3, -0.25) is 29.0 Å². The molecule has 0 aromatic heterocycles. The quantitative estimate of drug-likeness (QED) is 0.178. The first-order valence-electron chi connectivity index (χ1n) is 12.9. The Bertz CT molecular complexity index is 1620. The maximum atomic E-state index is 14.0. The van der Waals surface area contributed by atoms with Crippen LogP contribution in [0.25, 0.3) is 0 Å². The number of hydrogen-bond donors (Lipinski definition) is 1. The number of amides is 4. The molecule has 2 saturated heterocycles. The van der Waals surface area contributed by atoms with Gasteiger partial charge in [-0.1, -0.05) is 43.5 Å². The molecule has 2 aromatic rings. The van der Waals surface area contributed by atoms with Crippen LogP contribution in [0.5, 0.6) is 11.5 Å². The minimum absolute atomic E-state index is 0.0383. The molecule has 6 rings (SSSR count). The maximum Gasteiger partial charge on any atom is 0.573 e. The molecule has 1 saturated carbocycles. The number of anilines is 1. The Hall–Kier alpha value is -2.61. The van der Waals surface area contributed by atoms with Gasteiger partial charge in [0.25, 0.3) is 11.8 Å². The van der Waals surface area contributed by atoms with E-state index < -0.39 is 74.9 Å². The van der Waals surface area contributed by atoms with Crippen LogP contribution in [0.4, 0.5) is 18.9 Å². The first-order chi connectivity index (χ1) is 20.1. The minimum Gasteiger partial charge on any atom is -0.508 e. The van der Waals surface area contributed by atoms with Crippen LogP contribution in [0, 0.1) is 17.8 Å². The second kappa shape index (κ2) is 10.2. The highest BCUT2D eigenvalue weighted by Gasteiger charge is 2.76. The molecule has 2 aliphatic carbocycles. The van der Waals surface area contributed by atoms with Gasteiger partial charge in [0.2, 0.25) is 11.8 Å². The van der Waals surface area contributed by atoms with Crippen LogP contribution in [0.15, 0.2) is 58.6 Å². The molecule has 43 heavy (non-hydrogen) atoms. The largest absolute Gasteiger partial charge is 0.573 e. The van der Waals surface area contributed by atoms with Gasteiger partial charge in [0.05, 0.1) is 23.0 Å². The van der Waals surface area contributed by atoms with Gasteiger partial charge in [0, 0.05) is 16.0 Å². The molecular weight excluding hydrogens is 748 g/mol. The van der Waals surface area contributed by atoms with Gasteiger partial charge in [0.15, 0.2) is 9.75 Å². The van der Waals surface area contributed by atoms with Gasteiger partial charge in [-0.25, -0.2) is 0 Å². The topological polar surface area (TPSA) is 104 Å². The summed E-state index contributed by atoms with van der Waals surface area (Å²) in [6, 6.07) is 9.25. The predicted molar refractivity (Wildman–Crippen MR) is 155 cm³/mol. The number of allylic oxidation sites excluding steroid dienone is 2. The van der Waals surface area contributed by atoms with Crippen LogP contribution in [0.3, 0.4) is 0 Å². The lowest BCUT2D eigenvalue weighted by Crippen LogP contribution is -2.60. The zero-order valence-corrected chi connectivity index (χ0v) is 26.3. The lowest BCUT2D eigenvalue weighted by atomic mass is 9.56. The van der Waals surface area contributed by atoms with Crippen molar-refractivity contribution in [3.63, 3.8) is 0 Å². The number of likely N-dealkylation sites (tertiary alicyclic amines) is 1. The van der Waals surface area contributed by atoms with Crippen LogP contribution in [0.2, 0.25) is 0 Å². The second-order valence-corrected chi connectivity index (χ2v) is 13.4. The maximum absolute atomic E-state index is 14.0. The van der Waals surface area contributed by atoms with Crippen molar-refractivity contribution in [3.8, 4) is 11.5 Å². The molecule has 2 heterocycles. The average Bonchev–Trinajstić information content (AvgIpc) is 3.27. The van der Waals surface area contributed by atoms with E-state index in [1.165, 1.54) is 0 Å². The standard InChI is InChI=1S/C28H19Br2Cl2F3N2O6/c29-11-36-24(41)26(31)10-18-15(6-7-16-20(18)23(40)37(22(16)39)13-3-1-12(30)2-4-13)21(27(26,32)25(36)42)17-9-14(5-8-19(17)38)43-28(33,34)35/h1-6,8-9,16,18,20-21,38H,7,10-11H2/t16-,18+,20-,21+,26+,27-/m0/s1. The molecule has 6 atom stereocenters. The van der Waals surface area contributed by atoms with Crippen molar-refractivity contribution in [1.29, 1.82) is 0 Å². The summed E-state index contributed by atoms with van der Waals surface area (Å²) in [6.07, 6.45) is -3.74. The van der Waals surface area contributed by atoms with Gasteiger partial charge in [-0.05, 0) is 61.2 Å². The number of carbonyl (C=O) groups excluding carboxylic acids is 4. The number of phenols is 1. The fourth-order valence-electron chi connectivity index (χ4n) is 6.90. The molecule has 1 N–H and O–H groups in total. The van der Waals surface area contributed by atoms with Crippen LogP contribution >= 0.6 is 55.1 Å². The smallest absolute Gasteiger partial charge is 0.508 e. The third kappa shape index (κ3) is 4.36. The zero-order chi connectivity index (χ0) is 31.2. The summed E-state index contributed by atoms with van der Waals surface area (Å²) in [4.78, 5) is 52.4. The lowest BCUT2D eigenvalue weighted by molar-refractivity contribution is -0.274. The van der Waals surface area contributed by atoms with E-state index in [1.807, 2.05) is 0 Å². The van der Waals surface area contributed by atoms with E-state index >= 15 is 0 Å². The molecule has 4 aliphatic rings. The highest BCUT2D eigenvalue weighted by molar-refractivity contribution is 9.10. The highest BCUT2D eigenvalue weighted by atomic mass is 79.9. The van der Waals surface area contributed by atoms with Gasteiger partial charge in [0.1, 0.15) is 11.5 Å². The molecule has 3 fully saturated rings. The molecule has 2 aromatic carbocycles. The van der Waals surface area contributed by atoms with Crippen LogP contribution in [-0.4, -0.2) is 55.2 Å². The molecule has 0 spiro atoms. The van der Waals surface area contributed by atoms with Crippen molar-refractivity contribution in [3.05, 3.63) is 64.1 Å². The normalized spacial score (nSPS) is 32.0. The average molecular weight is 767 g/mol. The van der Waals surface area contributed by atoms with Crippen LogP contribution in [0.1, 0.15) is 24.3 Å². The van der Waals surface area contributed by atoms with Crippen molar-refractivity contribution in [2.24, 2.45) is 17.8 Å². The molecule has 0 unspecified atom stereocenters. The Balaban J connectivity index is 1.53. The van der Waals surface area contributed by atoms with Crippen molar-refractivity contribution < 1.29 is 42.2 Å². The number of fused-ring (bicyclic) bond motifs is 4. The first kappa shape index (κ1) is 30.4. The summed E-state index contributed by atoms with van der Waals surface area (Å²) in [7, 11) is 0. The van der Waals surface area contributed by atoms with E-state index in [2.05, 4.69) is 36.6 Å². The Morgan fingerprint density at radius 1 is 1.00 bits per heavy atom. The molecule has 2 aliphatic heterocycles. The van der Waals surface area contributed by atoms with Gasteiger partial charge < -0.3 is 9.84 Å². The SMILES string of the molecule is O=C1[C@H]2[C@H](CC=C3[C@H]2C[C@@]2(Cl)C(=O)N(CBr)C(=O)[C@@]2(Cl)[C@H]3c2cc(OC(F)(F)F)ccc2O)C(=O)N1c1ccc(Br)cc1. The van der Waals surface area contributed by atoms with Crippen molar-refractivity contribution in [2.45, 2.75) is 34.9 Å². The zero-order valence-electron chi connectivity index (χ0n) is 21.6. The number of carbonyl (C=O) groups is 4. The second-order valence-electron chi connectivity index (χ2n) is 10.7. The third-order valence-electron chi connectivity index (χ3n) is 8.64. The molecule has 226 valence electrons. The van der Waals surface area contributed by atoms with E-state index in [1.54, 1.807) is 30.3 Å². The molecule has 0 radical (unpaired) electrons. The summed E-state index contributed by atoms with van der Waals surface area (Å²) in [5.74, 6) is -8.31. The van der Waals surface area contributed by atoms with Crippen LogP contribution < -0.4 is 9.64 Å². The summed E-state index contributed by atoms with van der Waals surface area (Å²) in [6.45, 7) is 0. The summed E-state index contributed by atoms with van der Waals surface area (Å²) in [5, 5.41) is 10.9. The molecule has 0 bridgehead atoms. The Morgan fingerprint density at radius 2 is 1.67 bits per heavy atom. The Kier molecular flexibility index (Phi) is 7.23. The number of benzene rings is 2. The third-order valence-corrected chi connectivity index (χ3v) is 11.1. The highest BCUT2D eigenvalue weighted by Crippen LogP contribution is 2.66. The summed E-state index contributed by atoms with van der Waals surface area (Å²) in [5.41, 5.74) is 0.105. The summed E-state index contributed by atoms with van der Waals surface area (Å²) < 4.78 is 44.2. The predicted octanol–water partition coefficient (Wildman–Crippen LogP) is 5.97. The van der Waals surface area contributed by atoms with Gasteiger partial charge >= 0.3 is 6.36 Å². The lowest BCUT2D eigenvalue weighted by Gasteiger charge is -2.50. The van der Waals surface area contributed by atoms with Crippen molar-refractivity contribution in [2.75, 3.05) is 10.4 Å². The van der Waals surface area contributed by atoms with Crippen molar-refractivity contribution >= 4 is 84.4 Å². The van der Waals surface area contributed by atoms with E-state index in [4.69, 9.17) is 23.2 Å². The molecule has 15 heteroatoms. The van der Waals surface area contributed by atoms with E-state index in [-0.39, 0.29) is 23.9 Å². The Morgan fingerprint density at radius 3 is 2.30 bits per heavy atom. The number of ether oxygens (including phenoxy) is 1. The monoisotopic (exact) mass is 764 g/mol.